The van der Waals surface area contributed by atoms with E-state index in [2.05, 4.69) is 25.9 Å². The second-order valence-electron chi connectivity index (χ2n) is 4.44. The Hall–Kier alpha value is -1.66. The number of nitrogens with one attached hydrogen (secondary N) is 1. The van der Waals surface area contributed by atoms with Crippen LogP contribution in [0.3, 0.4) is 0 Å². The molecule has 1 aromatic carbocycles. The van der Waals surface area contributed by atoms with E-state index in [1.807, 2.05) is 12.1 Å². The highest BCUT2D eigenvalue weighted by Crippen LogP contribution is 2.24. The Morgan fingerprint density at radius 3 is 2.70 bits per heavy atom. The average Bonchev–Trinajstić information content (AvgIpc) is 2.79. The Balaban J connectivity index is 2.11. The van der Waals surface area contributed by atoms with Gasteiger partial charge in [0, 0.05) is 11.4 Å². The molecule has 2 heterocycles. The number of nitrogens with zero attached hydrogens (tertiary/aromatic N) is 2. The predicted octanol–water partition coefficient (Wildman–Crippen LogP) is 2.22. The van der Waals surface area contributed by atoms with Gasteiger partial charge in [-0.15, -0.1) is 0 Å². The van der Waals surface area contributed by atoms with Gasteiger partial charge in [0.1, 0.15) is 5.82 Å². The number of aromatic nitrogens is 2. The first kappa shape index (κ1) is 13.3. The number of aromatic amines is 1. The topological polar surface area (TPSA) is 67.2 Å². The molecule has 0 aliphatic carbocycles. The van der Waals surface area contributed by atoms with Crippen LogP contribution < -0.4 is 11.2 Å². The van der Waals surface area contributed by atoms with Crippen LogP contribution in [-0.2, 0) is 13.0 Å². The first-order valence-electron chi connectivity index (χ1n) is 5.88. The summed E-state index contributed by atoms with van der Waals surface area (Å²) in [5, 5.41) is 0.633. The van der Waals surface area contributed by atoms with E-state index >= 15 is 0 Å². The molecular weight excluding hydrogens is 346 g/mol. The summed E-state index contributed by atoms with van der Waals surface area (Å²) in [6, 6.07) is 7.18. The van der Waals surface area contributed by atoms with Crippen LogP contribution in [-0.4, -0.2) is 14.2 Å². The smallest absolute Gasteiger partial charge is 0.274 e. The zero-order valence-electron chi connectivity index (χ0n) is 10.2. The lowest BCUT2D eigenvalue weighted by Gasteiger charge is -2.09. The van der Waals surface area contributed by atoms with Crippen LogP contribution in [0.15, 0.2) is 38.8 Å². The standard InChI is InChI=1S/C13H9BrClN3O2/c14-10-5-9-11(16-10)18(13(20)17-12(9)19)6-7-1-3-8(15)4-2-7/h1-4H,5-6H2,(H,17,19,20). The first-order valence-corrected chi connectivity index (χ1v) is 7.05. The highest BCUT2D eigenvalue weighted by molar-refractivity contribution is 9.18. The summed E-state index contributed by atoms with van der Waals surface area (Å²) < 4.78 is 2.10. The van der Waals surface area contributed by atoms with Gasteiger partial charge in [-0.05, 0) is 33.6 Å². The van der Waals surface area contributed by atoms with Crippen LogP contribution in [0.2, 0.25) is 5.02 Å². The zero-order valence-corrected chi connectivity index (χ0v) is 12.5. The minimum Gasteiger partial charge on any atom is -0.274 e. The van der Waals surface area contributed by atoms with E-state index in [1.165, 1.54) is 4.57 Å². The lowest BCUT2D eigenvalue weighted by Crippen LogP contribution is -2.31. The van der Waals surface area contributed by atoms with Gasteiger partial charge >= 0.3 is 5.69 Å². The number of aliphatic imine (C=N–C) groups is 1. The van der Waals surface area contributed by atoms with Gasteiger partial charge in [-0.25, -0.2) is 9.79 Å². The van der Waals surface area contributed by atoms with Crippen molar-refractivity contribution in [1.29, 1.82) is 0 Å². The third kappa shape index (κ3) is 2.36. The SMILES string of the molecule is O=c1[nH]c(=O)n(Cc2ccc(Cl)cc2)c2c1CC(Br)=N2. The van der Waals surface area contributed by atoms with Gasteiger partial charge in [0.15, 0.2) is 0 Å². The molecule has 0 saturated carbocycles. The molecule has 0 amide bonds. The molecule has 20 heavy (non-hydrogen) atoms. The number of hydrogen-bond donors (Lipinski definition) is 1. The monoisotopic (exact) mass is 353 g/mol. The number of benzene rings is 1. The summed E-state index contributed by atoms with van der Waals surface area (Å²) in [6.07, 6.45) is 0.408. The molecule has 0 spiro atoms. The van der Waals surface area contributed by atoms with Crippen molar-refractivity contribution in [2.24, 2.45) is 4.99 Å². The van der Waals surface area contributed by atoms with Crippen molar-refractivity contribution >= 4 is 38.0 Å². The van der Waals surface area contributed by atoms with Crippen molar-refractivity contribution in [1.82, 2.24) is 9.55 Å². The second-order valence-corrected chi connectivity index (χ2v) is 5.79. The minimum atomic E-state index is -0.463. The molecule has 0 atom stereocenters. The summed E-state index contributed by atoms with van der Waals surface area (Å²) >= 11 is 9.11. The van der Waals surface area contributed by atoms with Gasteiger partial charge in [0.25, 0.3) is 5.56 Å². The number of halogens is 2. The number of fused-ring (bicyclic) bond motifs is 1. The van der Waals surface area contributed by atoms with Gasteiger partial charge in [-0.3, -0.25) is 14.3 Å². The van der Waals surface area contributed by atoms with Gasteiger partial charge in [0.2, 0.25) is 0 Å². The van der Waals surface area contributed by atoms with Crippen LogP contribution in [0.4, 0.5) is 5.82 Å². The lowest BCUT2D eigenvalue weighted by atomic mass is 10.2. The van der Waals surface area contributed by atoms with Crippen molar-refractivity contribution < 1.29 is 0 Å². The van der Waals surface area contributed by atoms with Gasteiger partial charge < -0.3 is 0 Å². The van der Waals surface area contributed by atoms with Crippen LogP contribution >= 0.6 is 27.5 Å². The maximum atomic E-state index is 12.0. The largest absolute Gasteiger partial charge is 0.330 e. The quantitative estimate of drug-likeness (QED) is 0.898. The third-order valence-corrected chi connectivity index (χ3v) is 3.78. The Bertz CT molecular complexity index is 821. The predicted molar refractivity (Wildman–Crippen MR) is 81.6 cm³/mol. The number of H-pyrrole nitrogens is 1. The normalized spacial score (nSPS) is 13.2. The molecule has 5 nitrogen and oxygen atoms in total. The molecule has 2 aromatic rings. The van der Waals surface area contributed by atoms with E-state index in [0.717, 1.165) is 5.56 Å². The van der Waals surface area contributed by atoms with Gasteiger partial charge in [-0.1, -0.05) is 23.7 Å². The van der Waals surface area contributed by atoms with Crippen molar-refractivity contribution in [2.75, 3.05) is 0 Å². The fraction of sp³-hybridized carbons (Fsp3) is 0.154. The Kier molecular flexibility index (Phi) is 3.35. The molecule has 7 heteroatoms. The Morgan fingerprint density at radius 1 is 1.30 bits per heavy atom. The second kappa shape index (κ2) is 5.03. The molecule has 0 fully saturated rings. The van der Waals surface area contributed by atoms with E-state index in [-0.39, 0.29) is 5.56 Å². The highest BCUT2D eigenvalue weighted by Gasteiger charge is 2.21. The molecular formula is C13H9BrClN3O2. The summed E-state index contributed by atoms with van der Waals surface area (Å²) in [5.41, 5.74) is 0.569. The summed E-state index contributed by atoms with van der Waals surface area (Å²) in [4.78, 5) is 30.3. The fourth-order valence-electron chi connectivity index (χ4n) is 2.11. The van der Waals surface area contributed by atoms with Gasteiger partial charge in [-0.2, -0.15) is 0 Å². The third-order valence-electron chi connectivity index (χ3n) is 3.07. The van der Waals surface area contributed by atoms with E-state index in [4.69, 9.17) is 11.6 Å². The lowest BCUT2D eigenvalue weighted by molar-refractivity contribution is 0.721. The van der Waals surface area contributed by atoms with Crippen LogP contribution in [0, 0.1) is 0 Å². The van der Waals surface area contributed by atoms with Crippen LogP contribution in [0.5, 0.6) is 0 Å². The van der Waals surface area contributed by atoms with Crippen molar-refractivity contribution in [3.8, 4) is 0 Å². The molecule has 1 N–H and O–H groups in total. The zero-order chi connectivity index (χ0) is 14.3. The van der Waals surface area contributed by atoms with Crippen LogP contribution in [0.25, 0.3) is 0 Å². The number of hydrogen-bond acceptors (Lipinski definition) is 3. The Morgan fingerprint density at radius 2 is 2.00 bits per heavy atom. The maximum absolute atomic E-state index is 12.0. The molecule has 0 bridgehead atoms. The molecule has 0 unspecified atom stereocenters. The molecule has 0 radical (unpaired) electrons. The van der Waals surface area contributed by atoms with E-state index in [9.17, 15) is 9.59 Å². The summed E-state index contributed by atoms with van der Waals surface area (Å²) in [7, 11) is 0. The van der Waals surface area contributed by atoms with Crippen molar-refractivity contribution in [2.45, 2.75) is 13.0 Å². The minimum absolute atomic E-state index is 0.332. The molecule has 1 aliphatic heterocycles. The van der Waals surface area contributed by atoms with Crippen LogP contribution in [0.1, 0.15) is 11.1 Å². The average molecular weight is 355 g/mol. The molecule has 1 aromatic heterocycles. The van der Waals surface area contributed by atoms with Gasteiger partial charge in [0.05, 0.1) is 16.7 Å². The summed E-state index contributed by atoms with van der Waals surface area (Å²) in [6.45, 7) is 0.332. The van der Waals surface area contributed by atoms with Crippen molar-refractivity contribution in [3.05, 3.63) is 61.3 Å². The first-order chi connectivity index (χ1) is 9.54. The fourth-order valence-corrected chi connectivity index (χ4v) is 2.68. The Labute approximate surface area is 127 Å². The van der Waals surface area contributed by atoms with E-state index < -0.39 is 5.69 Å². The van der Waals surface area contributed by atoms with E-state index in [1.54, 1.807) is 12.1 Å². The molecule has 1 aliphatic rings. The summed E-state index contributed by atoms with van der Waals surface area (Å²) in [5.74, 6) is 0.417. The molecule has 0 saturated heterocycles. The highest BCUT2D eigenvalue weighted by atomic mass is 79.9. The van der Waals surface area contributed by atoms with Crippen molar-refractivity contribution in [3.63, 3.8) is 0 Å². The maximum Gasteiger partial charge on any atom is 0.330 e. The number of rotatable bonds is 2. The molecule has 102 valence electrons. The molecule has 3 rings (SSSR count). The van der Waals surface area contributed by atoms with E-state index in [0.29, 0.717) is 34.0 Å².